The minimum Gasteiger partial charge on any atom is -0.447 e. The van der Waals surface area contributed by atoms with Gasteiger partial charge in [0.15, 0.2) is 0 Å². The van der Waals surface area contributed by atoms with Gasteiger partial charge in [-0.3, -0.25) is 14.9 Å². The molecule has 0 spiro atoms. The molecule has 0 aliphatic heterocycles. The van der Waals surface area contributed by atoms with E-state index in [1.54, 1.807) is 18.2 Å². The second-order valence-corrected chi connectivity index (χ2v) is 5.72. The quantitative estimate of drug-likeness (QED) is 0.764. The number of rotatable bonds is 5. The van der Waals surface area contributed by atoms with Crippen molar-refractivity contribution in [2.45, 2.75) is 18.7 Å². The lowest BCUT2D eigenvalue weighted by Gasteiger charge is -2.17. The van der Waals surface area contributed by atoms with Crippen LogP contribution in [0.5, 0.6) is 0 Å². The topological polar surface area (TPSA) is 84.5 Å². The van der Waals surface area contributed by atoms with Crippen LogP contribution in [0, 0.1) is 0 Å². The first-order chi connectivity index (χ1) is 13.2. The maximum atomic E-state index is 12.8. The van der Waals surface area contributed by atoms with E-state index in [1.165, 1.54) is 31.3 Å². The monoisotopic (exact) mass is 394 g/mol. The van der Waals surface area contributed by atoms with Gasteiger partial charge >= 0.3 is 18.2 Å². The van der Waals surface area contributed by atoms with Gasteiger partial charge in [-0.05, 0) is 11.6 Å². The number of amides is 3. The molecule has 28 heavy (non-hydrogen) atoms. The van der Waals surface area contributed by atoms with Gasteiger partial charge in [0, 0.05) is 12.6 Å². The molecule has 0 aliphatic rings. The third kappa shape index (κ3) is 5.83. The van der Waals surface area contributed by atoms with E-state index < -0.39 is 42.2 Å². The SMILES string of the molecule is CNC(=O)NC(=O)[C@@H](OC(=O)Cc1cccc(C(F)(F)F)c1)c1ccccc1. The third-order valence-electron chi connectivity index (χ3n) is 3.66. The Balaban J connectivity index is 2.16. The van der Waals surface area contributed by atoms with Gasteiger partial charge in [-0.15, -0.1) is 0 Å². The Morgan fingerprint density at radius 1 is 1.04 bits per heavy atom. The van der Waals surface area contributed by atoms with E-state index in [-0.39, 0.29) is 5.56 Å². The van der Waals surface area contributed by atoms with Crippen molar-refractivity contribution in [3.8, 4) is 0 Å². The Bertz CT molecular complexity index is 854. The maximum Gasteiger partial charge on any atom is 0.416 e. The minimum absolute atomic E-state index is 0.0818. The van der Waals surface area contributed by atoms with Crippen LogP contribution < -0.4 is 10.6 Å². The second-order valence-electron chi connectivity index (χ2n) is 5.72. The van der Waals surface area contributed by atoms with Crippen LogP contribution in [0.1, 0.15) is 22.8 Å². The third-order valence-corrected chi connectivity index (χ3v) is 3.66. The van der Waals surface area contributed by atoms with Crippen LogP contribution in [0.25, 0.3) is 0 Å². The highest BCUT2D eigenvalue weighted by atomic mass is 19.4. The van der Waals surface area contributed by atoms with E-state index in [0.29, 0.717) is 5.56 Å². The van der Waals surface area contributed by atoms with Crippen molar-refractivity contribution in [3.63, 3.8) is 0 Å². The average Bonchev–Trinajstić information content (AvgIpc) is 2.66. The van der Waals surface area contributed by atoms with Gasteiger partial charge < -0.3 is 10.1 Å². The smallest absolute Gasteiger partial charge is 0.416 e. The summed E-state index contributed by atoms with van der Waals surface area (Å²) in [6, 6.07) is 11.4. The fraction of sp³-hybridized carbons (Fsp3) is 0.211. The van der Waals surface area contributed by atoms with E-state index in [9.17, 15) is 27.6 Å². The molecule has 1 atom stereocenters. The van der Waals surface area contributed by atoms with Crippen LogP contribution >= 0.6 is 0 Å². The van der Waals surface area contributed by atoms with Gasteiger partial charge in [-0.2, -0.15) is 13.2 Å². The highest BCUT2D eigenvalue weighted by Gasteiger charge is 2.31. The number of ether oxygens (including phenoxy) is 1. The van der Waals surface area contributed by atoms with Gasteiger partial charge in [-0.25, -0.2) is 4.79 Å². The Hall–Kier alpha value is -3.36. The number of urea groups is 1. The number of benzene rings is 2. The molecule has 2 N–H and O–H groups in total. The van der Waals surface area contributed by atoms with Crippen LogP contribution in [0.4, 0.5) is 18.0 Å². The van der Waals surface area contributed by atoms with E-state index in [4.69, 9.17) is 4.74 Å². The summed E-state index contributed by atoms with van der Waals surface area (Å²) >= 11 is 0. The van der Waals surface area contributed by atoms with E-state index in [0.717, 1.165) is 12.1 Å². The number of carbonyl (C=O) groups excluding carboxylic acids is 3. The Morgan fingerprint density at radius 2 is 1.71 bits per heavy atom. The largest absolute Gasteiger partial charge is 0.447 e. The van der Waals surface area contributed by atoms with Crippen LogP contribution in [-0.4, -0.2) is 25.0 Å². The predicted molar refractivity (Wildman–Crippen MR) is 93.0 cm³/mol. The summed E-state index contributed by atoms with van der Waals surface area (Å²) in [6.07, 6.45) is -6.45. The van der Waals surface area contributed by atoms with Crippen molar-refractivity contribution in [3.05, 3.63) is 71.3 Å². The number of alkyl halides is 3. The second kappa shape index (κ2) is 9.03. The molecule has 0 heterocycles. The summed E-state index contributed by atoms with van der Waals surface area (Å²) < 4.78 is 43.5. The lowest BCUT2D eigenvalue weighted by atomic mass is 10.1. The molecule has 2 aromatic rings. The van der Waals surface area contributed by atoms with Crippen LogP contribution in [-0.2, 0) is 26.9 Å². The number of halogens is 3. The molecule has 9 heteroatoms. The van der Waals surface area contributed by atoms with Gasteiger partial charge in [0.2, 0.25) is 6.10 Å². The summed E-state index contributed by atoms with van der Waals surface area (Å²) in [5, 5.41) is 4.21. The normalized spacial score (nSPS) is 12.0. The molecule has 0 unspecified atom stereocenters. The fourth-order valence-corrected chi connectivity index (χ4v) is 2.34. The van der Waals surface area contributed by atoms with Gasteiger partial charge in [0.05, 0.1) is 12.0 Å². The fourth-order valence-electron chi connectivity index (χ4n) is 2.34. The standard InChI is InChI=1S/C19H17F3N2O4/c1-23-18(27)24-17(26)16(13-7-3-2-4-8-13)28-15(25)11-12-6-5-9-14(10-12)19(20,21)22/h2-10,16H,11H2,1H3,(H2,23,24,26,27)/t16-/m0/s1. The number of esters is 1. The first-order valence-corrected chi connectivity index (χ1v) is 8.14. The molecular weight excluding hydrogens is 377 g/mol. The summed E-state index contributed by atoms with van der Waals surface area (Å²) in [5.41, 5.74) is -0.505. The Kier molecular flexibility index (Phi) is 6.75. The molecule has 0 aliphatic carbocycles. The number of nitrogens with one attached hydrogen (secondary N) is 2. The van der Waals surface area contributed by atoms with Gasteiger partial charge in [-0.1, -0.05) is 48.5 Å². The highest BCUT2D eigenvalue weighted by Crippen LogP contribution is 2.29. The van der Waals surface area contributed by atoms with E-state index in [1.807, 2.05) is 5.32 Å². The summed E-state index contributed by atoms with van der Waals surface area (Å²) in [6.45, 7) is 0. The van der Waals surface area contributed by atoms with Crippen molar-refractivity contribution >= 4 is 17.9 Å². The molecule has 3 amide bonds. The average molecular weight is 394 g/mol. The molecule has 0 bridgehead atoms. The van der Waals surface area contributed by atoms with Crippen LogP contribution in [0.15, 0.2) is 54.6 Å². The molecule has 6 nitrogen and oxygen atoms in total. The lowest BCUT2D eigenvalue weighted by Crippen LogP contribution is -2.41. The van der Waals surface area contributed by atoms with Crippen molar-refractivity contribution in [1.29, 1.82) is 0 Å². The molecule has 0 radical (unpaired) electrons. The van der Waals surface area contributed by atoms with Crippen molar-refractivity contribution in [1.82, 2.24) is 10.6 Å². The number of imide groups is 1. The Morgan fingerprint density at radius 3 is 2.32 bits per heavy atom. The zero-order valence-electron chi connectivity index (χ0n) is 14.7. The van der Waals surface area contributed by atoms with Crippen LogP contribution in [0.3, 0.4) is 0 Å². The summed E-state index contributed by atoms with van der Waals surface area (Å²) in [7, 11) is 1.31. The zero-order valence-corrected chi connectivity index (χ0v) is 14.7. The number of hydrogen-bond donors (Lipinski definition) is 2. The van der Waals surface area contributed by atoms with Crippen LogP contribution in [0.2, 0.25) is 0 Å². The predicted octanol–water partition coefficient (Wildman–Crippen LogP) is 2.99. The summed E-state index contributed by atoms with van der Waals surface area (Å²) in [4.78, 5) is 35.9. The summed E-state index contributed by atoms with van der Waals surface area (Å²) in [5.74, 6) is -1.80. The molecule has 148 valence electrons. The zero-order chi connectivity index (χ0) is 20.7. The van der Waals surface area contributed by atoms with E-state index >= 15 is 0 Å². The Labute approximate surface area is 158 Å². The van der Waals surface area contributed by atoms with Gasteiger partial charge in [0.1, 0.15) is 0 Å². The van der Waals surface area contributed by atoms with Crippen molar-refractivity contribution < 1.29 is 32.3 Å². The first kappa shape index (κ1) is 20.9. The van der Waals surface area contributed by atoms with Crippen molar-refractivity contribution in [2.24, 2.45) is 0 Å². The number of carbonyl (C=O) groups is 3. The number of hydrogen-bond acceptors (Lipinski definition) is 4. The van der Waals surface area contributed by atoms with Crippen molar-refractivity contribution in [2.75, 3.05) is 7.05 Å². The maximum absolute atomic E-state index is 12.8. The molecule has 2 aromatic carbocycles. The van der Waals surface area contributed by atoms with Gasteiger partial charge in [0.25, 0.3) is 5.91 Å². The van der Waals surface area contributed by atoms with E-state index in [2.05, 4.69) is 5.32 Å². The molecule has 2 rings (SSSR count). The first-order valence-electron chi connectivity index (χ1n) is 8.14. The molecule has 0 fully saturated rings. The molecule has 0 aromatic heterocycles. The molecule has 0 saturated heterocycles. The molecule has 0 saturated carbocycles. The highest BCUT2D eigenvalue weighted by molar-refractivity contribution is 5.97. The molecular formula is C19H17F3N2O4. The lowest BCUT2D eigenvalue weighted by molar-refractivity contribution is -0.155. The minimum atomic E-state index is -4.54.